The van der Waals surface area contributed by atoms with Crippen molar-refractivity contribution in [2.24, 2.45) is 0 Å². The number of benzene rings is 1. The smallest absolute Gasteiger partial charge is 0.257 e. The molecule has 8 nitrogen and oxygen atoms in total. The summed E-state index contributed by atoms with van der Waals surface area (Å²) in [5, 5.41) is 10.4. The van der Waals surface area contributed by atoms with Gasteiger partial charge < -0.3 is 10.6 Å². The third-order valence-electron chi connectivity index (χ3n) is 7.55. The zero-order valence-corrected chi connectivity index (χ0v) is 20.7. The van der Waals surface area contributed by atoms with Gasteiger partial charge >= 0.3 is 0 Å². The fourth-order valence-corrected chi connectivity index (χ4v) is 5.52. The van der Waals surface area contributed by atoms with Gasteiger partial charge in [-0.2, -0.15) is 5.10 Å². The molecule has 2 fully saturated rings. The summed E-state index contributed by atoms with van der Waals surface area (Å²) < 4.78 is 1.67. The molecule has 0 bridgehead atoms. The largest absolute Gasteiger partial charge is 0.350 e. The number of anilines is 1. The highest BCUT2D eigenvalue weighted by Gasteiger charge is 2.38. The molecule has 1 saturated heterocycles. The van der Waals surface area contributed by atoms with Gasteiger partial charge in [0.05, 0.1) is 29.3 Å². The Balaban J connectivity index is 1.20. The van der Waals surface area contributed by atoms with E-state index in [2.05, 4.69) is 25.6 Å². The average Bonchev–Trinajstić information content (AvgIpc) is 3.42. The molecular formula is C28H34N6O2. The Morgan fingerprint density at radius 1 is 0.861 bits per heavy atom. The number of carbonyl (C=O) groups is 2. The fourth-order valence-electron chi connectivity index (χ4n) is 5.52. The Hall–Kier alpha value is -3.52. The summed E-state index contributed by atoms with van der Waals surface area (Å²) in [7, 11) is 0. The number of carbonyl (C=O) groups excluding carboxylic acids is 2. The molecule has 36 heavy (non-hydrogen) atoms. The molecule has 1 saturated carbocycles. The monoisotopic (exact) mass is 486 g/mol. The Kier molecular flexibility index (Phi) is 7.41. The van der Waals surface area contributed by atoms with E-state index in [0.717, 1.165) is 18.8 Å². The predicted molar refractivity (Wildman–Crippen MR) is 139 cm³/mol. The quantitative estimate of drug-likeness (QED) is 0.515. The second-order valence-corrected chi connectivity index (χ2v) is 9.93. The molecule has 5 rings (SSSR count). The van der Waals surface area contributed by atoms with Crippen molar-refractivity contribution in [3.05, 3.63) is 72.3 Å². The number of amides is 2. The van der Waals surface area contributed by atoms with Crippen molar-refractivity contribution in [1.29, 1.82) is 0 Å². The Labute approximate surface area is 212 Å². The van der Waals surface area contributed by atoms with Gasteiger partial charge in [-0.15, -0.1) is 0 Å². The van der Waals surface area contributed by atoms with E-state index in [4.69, 9.17) is 0 Å². The van der Waals surface area contributed by atoms with Gasteiger partial charge in [0.15, 0.2) is 0 Å². The summed E-state index contributed by atoms with van der Waals surface area (Å²) >= 11 is 0. The number of likely N-dealkylation sites (tertiary alicyclic amines) is 1. The average molecular weight is 487 g/mol. The third-order valence-corrected chi connectivity index (χ3v) is 7.55. The zero-order valence-electron chi connectivity index (χ0n) is 20.7. The van der Waals surface area contributed by atoms with E-state index in [1.54, 1.807) is 35.4 Å². The molecule has 2 N–H and O–H groups in total. The van der Waals surface area contributed by atoms with Crippen molar-refractivity contribution >= 4 is 17.5 Å². The van der Waals surface area contributed by atoms with E-state index in [0.29, 0.717) is 23.4 Å². The number of nitrogens with zero attached hydrogens (tertiary/aromatic N) is 4. The van der Waals surface area contributed by atoms with Crippen LogP contribution in [0.3, 0.4) is 0 Å². The molecule has 1 aromatic carbocycles. The lowest BCUT2D eigenvalue weighted by molar-refractivity contribution is 0.0326. The highest BCUT2D eigenvalue weighted by molar-refractivity contribution is 6.03. The molecule has 1 aliphatic heterocycles. The van der Waals surface area contributed by atoms with Crippen LogP contribution in [0.4, 0.5) is 5.69 Å². The van der Waals surface area contributed by atoms with Crippen LogP contribution in [0.5, 0.6) is 0 Å². The van der Waals surface area contributed by atoms with Crippen LogP contribution >= 0.6 is 0 Å². The summed E-state index contributed by atoms with van der Waals surface area (Å²) in [5.41, 5.74) is 2.63. The molecule has 2 amide bonds. The van der Waals surface area contributed by atoms with E-state index in [-0.39, 0.29) is 17.4 Å². The number of hydrogen-bond acceptors (Lipinski definition) is 5. The summed E-state index contributed by atoms with van der Waals surface area (Å²) in [6.45, 7) is 3.02. The van der Waals surface area contributed by atoms with E-state index in [1.165, 1.54) is 57.6 Å². The minimum absolute atomic E-state index is 0.0339. The van der Waals surface area contributed by atoms with Crippen LogP contribution in [0, 0.1) is 0 Å². The molecule has 2 aromatic heterocycles. The van der Waals surface area contributed by atoms with Crippen molar-refractivity contribution in [1.82, 2.24) is 25.0 Å². The van der Waals surface area contributed by atoms with Crippen LogP contribution in [0.1, 0.15) is 72.1 Å². The zero-order chi connectivity index (χ0) is 24.8. The molecule has 0 radical (unpaired) electrons. The van der Waals surface area contributed by atoms with Gasteiger partial charge in [-0.1, -0.05) is 25.7 Å². The van der Waals surface area contributed by atoms with Gasteiger partial charge in [-0.3, -0.25) is 19.5 Å². The first-order valence-corrected chi connectivity index (χ1v) is 13.0. The maximum Gasteiger partial charge on any atom is 0.257 e. The van der Waals surface area contributed by atoms with Gasteiger partial charge in [0, 0.05) is 30.0 Å². The van der Waals surface area contributed by atoms with Crippen molar-refractivity contribution in [3.8, 4) is 5.69 Å². The number of piperidine rings is 1. The number of hydrogen-bond donors (Lipinski definition) is 2. The molecular weight excluding hydrogens is 452 g/mol. The van der Waals surface area contributed by atoms with Crippen LogP contribution in [-0.2, 0) is 0 Å². The van der Waals surface area contributed by atoms with E-state index >= 15 is 0 Å². The first-order valence-electron chi connectivity index (χ1n) is 13.0. The van der Waals surface area contributed by atoms with Crippen LogP contribution < -0.4 is 10.6 Å². The Morgan fingerprint density at radius 2 is 1.61 bits per heavy atom. The van der Waals surface area contributed by atoms with Crippen LogP contribution in [0.15, 0.2) is 61.2 Å². The predicted octanol–water partition coefficient (Wildman–Crippen LogP) is 4.44. The first-order chi connectivity index (χ1) is 17.6. The number of nitrogens with one attached hydrogen (secondary N) is 2. The minimum atomic E-state index is -0.241. The van der Waals surface area contributed by atoms with Gasteiger partial charge in [-0.25, -0.2) is 4.68 Å². The van der Waals surface area contributed by atoms with E-state index < -0.39 is 0 Å². The van der Waals surface area contributed by atoms with Crippen molar-refractivity contribution in [2.75, 3.05) is 25.0 Å². The molecule has 3 aromatic rings. The molecule has 2 aliphatic rings. The van der Waals surface area contributed by atoms with Crippen LogP contribution in [-0.4, -0.2) is 56.7 Å². The lowest BCUT2D eigenvalue weighted by Gasteiger charge is -2.48. The summed E-state index contributed by atoms with van der Waals surface area (Å²) in [5.74, 6) is -0.275. The molecule has 8 heteroatoms. The number of rotatable bonds is 7. The SMILES string of the molecule is O=C(NCC1(N2CCCCC2)CCCCC1)c1ccc(-n2cc(NC(=O)c3cccnc3)cn2)cc1. The molecule has 0 atom stereocenters. The molecule has 188 valence electrons. The molecule has 1 aliphatic carbocycles. The van der Waals surface area contributed by atoms with Gasteiger partial charge in [0.2, 0.25) is 0 Å². The second-order valence-electron chi connectivity index (χ2n) is 9.93. The molecule has 0 spiro atoms. The number of pyridine rings is 1. The van der Waals surface area contributed by atoms with Crippen molar-refractivity contribution < 1.29 is 9.59 Å². The van der Waals surface area contributed by atoms with Gasteiger partial charge in [-0.05, 0) is 75.2 Å². The highest BCUT2D eigenvalue weighted by Crippen LogP contribution is 2.35. The van der Waals surface area contributed by atoms with Crippen molar-refractivity contribution in [2.45, 2.75) is 56.9 Å². The summed E-state index contributed by atoms with van der Waals surface area (Å²) in [4.78, 5) is 32.0. The normalized spacial score (nSPS) is 17.9. The van der Waals surface area contributed by atoms with E-state index in [1.807, 2.05) is 24.3 Å². The molecule has 3 heterocycles. The maximum absolute atomic E-state index is 13.0. The molecule has 0 unspecified atom stereocenters. The lowest BCUT2D eigenvalue weighted by atomic mass is 9.79. The number of aromatic nitrogens is 3. The first kappa shape index (κ1) is 24.2. The topological polar surface area (TPSA) is 92.2 Å². The van der Waals surface area contributed by atoms with Crippen LogP contribution in [0.25, 0.3) is 5.69 Å². The standard InChI is InChI=1S/C28H34N6O2/c35-26(30-21-28(13-3-1-4-14-28)33-16-5-2-6-17-33)22-9-11-25(12-10-22)34-20-24(19-31-34)32-27(36)23-8-7-15-29-18-23/h7-12,15,18-20H,1-6,13-14,16-17,21H2,(H,30,35)(H,32,36). The highest BCUT2D eigenvalue weighted by atomic mass is 16.2. The fraction of sp³-hybridized carbons (Fsp3) is 0.429. The van der Waals surface area contributed by atoms with Gasteiger partial charge in [0.1, 0.15) is 0 Å². The third kappa shape index (κ3) is 5.49. The van der Waals surface area contributed by atoms with Crippen LogP contribution in [0.2, 0.25) is 0 Å². The Morgan fingerprint density at radius 3 is 2.33 bits per heavy atom. The summed E-state index contributed by atoms with van der Waals surface area (Å²) in [6, 6.07) is 10.8. The Bertz CT molecular complexity index is 1160. The van der Waals surface area contributed by atoms with Crippen molar-refractivity contribution in [3.63, 3.8) is 0 Å². The lowest BCUT2D eigenvalue weighted by Crippen LogP contribution is -2.58. The summed E-state index contributed by atoms with van der Waals surface area (Å²) in [6.07, 6.45) is 16.5. The minimum Gasteiger partial charge on any atom is -0.350 e. The maximum atomic E-state index is 13.0. The second kappa shape index (κ2) is 11.0. The van der Waals surface area contributed by atoms with E-state index in [9.17, 15) is 9.59 Å². The van der Waals surface area contributed by atoms with Gasteiger partial charge in [0.25, 0.3) is 11.8 Å².